The van der Waals surface area contributed by atoms with Crippen LogP contribution in [0.3, 0.4) is 0 Å². The number of phosphoric acid groups is 1. The molecule has 0 aromatic rings. The molecule has 0 heterocycles. The zero-order chi connectivity index (χ0) is 11.9. The zero-order valence-electron chi connectivity index (χ0n) is 11.4. The molecule has 0 saturated heterocycles. The molecule has 0 unspecified atom stereocenters. The Morgan fingerprint density at radius 2 is 1.71 bits per heavy atom. The molecule has 0 bridgehead atoms. The summed E-state index contributed by atoms with van der Waals surface area (Å²) >= 11 is 0. The molecule has 0 amide bonds. The summed E-state index contributed by atoms with van der Waals surface area (Å²) in [5, 5.41) is 0. The van der Waals surface area contributed by atoms with E-state index in [-0.39, 0.29) is 65.7 Å². The SMILES string of the molecule is CC(C)=CCC/C(C)=C\COP(=O)([O-])[O-].[Na+].[Na+]. The van der Waals surface area contributed by atoms with Crippen LogP contribution in [0.5, 0.6) is 0 Å². The quantitative estimate of drug-likeness (QED) is 0.279. The number of phosphoric ester groups is 1. The first kappa shape index (κ1) is 23.7. The Balaban J connectivity index is -0.000000980. The largest absolute Gasteiger partial charge is 1.00 e. The zero-order valence-corrected chi connectivity index (χ0v) is 16.3. The molecule has 88 valence electrons. The molecule has 0 spiro atoms. The first-order valence-corrected chi connectivity index (χ1v) is 6.23. The van der Waals surface area contributed by atoms with E-state index >= 15 is 0 Å². The van der Waals surface area contributed by atoms with Crippen molar-refractivity contribution in [1.82, 2.24) is 0 Å². The second kappa shape index (κ2) is 12.6. The monoisotopic (exact) mass is 278 g/mol. The van der Waals surface area contributed by atoms with E-state index in [2.05, 4.69) is 10.6 Å². The van der Waals surface area contributed by atoms with E-state index in [1.165, 1.54) is 5.57 Å². The fourth-order valence-electron chi connectivity index (χ4n) is 0.961. The van der Waals surface area contributed by atoms with Gasteiger partial charge in [-0.05, 0) is 33.6 Å². The van der Waals surface area contributed by atoms with Crippen molar-refractivity contribution in [3.63, 3.8) is 0 Å². The molecule has 0 fully saturated rings. The minimum Gasteiger partial charge on any atom is -0.790 e. The molecule has 0 aliphatic heterocycles. The van der Waals surface area contributed by atoms with Crippen molar-refractivity contribution < 1.29 is 78.0 Å². The normalized spacial score (nSPS) is 11.2. The average molecular weight is 278 g/mol. The van der Waals surface area contributed by atoms with Crippen LogP contribution in [0.15, 0.2) is 23.3 Å². The van der Waals surface area contributed by atoms with E-state index in [1.807, 2.05) is 20.8 Å². The second-order valence-electron chi connectivity index (χ2n) is 3.61. The van der Waals surface area contributed by atoms with Gasteiger partial charge in [0.25, 0.3) is 0 Å². The molecule has 0 atom stereocenters. The molecule has 17 heavy (non-hydrogen) atoms. The van der Waals surface area contributed by atoms with Crippen molar-refractivity contribution in [2.75, 3.05) is 6.61 Å². The van der Waals surface area contributed by atoms with Crippen molar-refractivity contribution in [2.24, 2.45) is 0 Å². The van der Waals surface area contributed by atoms with E-state index in [4.69, 9.17) is 0 Å². The summed E-state index contributed by atoms with van der Waals surface area (Å²) in [5.74, 6) is 0. The Bertz CT molecular complexity index is 293. The first-order chi connectivity index (χ1) is 6.81. The van der Waals surface area contributed by atoms with Crippen LogP contribution in [-0.2, 0) is 9.09 Å². The van der Waals surface area contributed by atoms with Crippen LogP contribution < -0.4 is 68.9 Å². The van der Waals surface area contributed by atoms with E-state index in [0.717, 1.165) is 18.4 Å². The molecular weight excluding hydrogens is 261 g/mol. The van der Waals surface area contributed by atoms with Crippen molar-refractivity contribution in [1.29, 1.82) is 0 Å². The summed E-state index contributed by atoms with van der Waals surface area (Å²) in [5.41, 5.74) is 2.27. The molecule has 0 aliphatic rings. The van der Waals surface area contributed by atoms with E-state index < -0.39 is 7.82 Å². The molecule has 0 aromatic carbocycles. The summed E-state index contributed by atoms with van der Waals surface area (Å²) in [6.07, 6.45) is 5.47. The standard InChI is InChI=1S/C10H19O4P.2Na/c1-9(2)5-4-6-10(3)7-8-14-15(11,12)13;;/h5,7H,4,6,8H2,1-3H3,(H2,11,12,13);;/q;2*+1/p-2/b10-7-;;. The van der Waals surface area contributed by atoms with Crippen molar-refractivity contribution >= 4 is 7.82 Å². The predicted molar refractivity (Wildman–Crippen MR) is 56.0 cm³/mol. The molecule has 0 aromatic heterocycles. The minimum absolute atomic E-state index is 0. The molecule has 0 aliphatic carbocycles. The van der Waals surface area contributed by atoms with Crippen molar-refractivity contribution in [2.45, 2.75) is 33.6 Å². The third-order valence-electron chi connectivity index (χ3n) is 1.76. The van der Waals surface area contributed by atoms with E-state index in [0.29, 0.717) is 0 Å². The Morgan fingerprint density at radius 3 is 2.12 bits per heavy atom. The van der Waals surface area contributed by atoms with Gasteiger partial charge in [0, 0.05) is 0 Å². The van der Waals surface area contributed by atoms with Crippen LogP contribution in [0.4, 0.5) is 0 Å². The third-order valence-corrected chi connectivity index (χ3v) is 2.22. The number of allylic oxidation sites excluding steroid dienone is 3. The molecule has 7 heteroatoms. The van der Waals surface area contributed by atoms with Crippen molar-refractivity contribution in [3.8, 4) is 0 Å². The van der Waals surface area contributed by atoms with Gasteiger partial charge in [0.15, 0.2) is 0 Å². The topological polar surface area (TPSA) is 72.4 Å². The van der Waals surface area contributed by atoms with Gasteiger partial charge in [-0.15, -0.1) is 0 Å². The van der Waals surface area contributed by atoms with Crippen LogP contribution in [0.1, 0.15) is 33.6 Å². The van der Waals surface area contributed by atoms with Crippen molar-refractivity contribution in [3.05, 3.63) is 23.3 Å². The Hall–Kier alpha value is 1.59. The van der Waals surface area contributed by atoms with Gasteiger partial charge in [-0.25, -0.2) is 0 Å². The third kappa shape index (κ3) is 20.1. The van der Waals surface area contributed by atoms with Gasteiger partial charge in [-0.1, -0.05) is 23.3 Å². The van der Waals surface area contributed by atoms with Crippen LogP contribution >= 0.6 is 7.82 Å². The fraction of sp³-hybridized carbons (Fsp3) is 0.600. The molecule has 0 saturated carbocycles. The molecular formula is C10H17Na2O4P. The maximum absolute atomic E-state index is 10.1. The maximum Gasteiger partial charge on any atom is 1.00 e. The van der Waals surface area contributed by atoms with Crippen LogP contribution in [0, 0.1) is 0 Å². The minimum atomic E-state index is -4.82. The van der Waals surface area contributed by atoms with Gasteiger partial charge in [-0.2, -0.15) is 0 Å². The fourth-order valence-corrected chi connectivity index (χ4v) is 1.22. The smallest absolute Gasteiger partial charge is 0.790 e. The number of hydrogen-bond donors (Lipinski definition) is 0. The van der Waals surface area contributed by atoms with Crippen LogP contribution in [0.25, 0.3) is 0 Å². The van der Waals surface area contributed by atoms with Gasteiger partial charge in [-0.3, -0.25) is 0 Å². The second-order valence-corrected chi connectivity index (χ2v) is 4.77. The molecule has 0 radical (unpaired) electrons. The summed E-state index contributed by atoms with van der Waals surface area (Å²) in [6, 6.07) is 0. The summed E-state index contributed by atoms with van der Waals surface area (Å²) in [4.78, 5) is 20.3. The van der Waals surface area contributed by atoms with E-state index in [1.54, 1.807) is 6.08 Å². The van der Waals surface area contributed by atoms with Crippen LogP contribution in [-0.4, -0.2) is 6.61 Å². The summed E-state index contributed by atoms with van der Waals surface area (Å²) in [7, 11) is -4.82. The van der Waals surface area contributed by atoms with E-state index in [9.17, 15) is 14.4 Å². The maximum atomic E-state index is 10.1. The Morgan fingerprint density at radius 1 is 1.18 bits per heavy atom. The van der Waals surface area contributed by atoms with Gasteiger partial charge >= 0.3 is 59.1 Å². The molecule has 4 nitrogen and oxygen atoms in total. The Kier molecular flexibility index (Phi) is 17.6. The molecule has 0 rings (SSSR count). The Labute approximate surface area is 148 Å². The average Bonchev–Trinajstić information content (AvgIpc) is 2.00. The van der Waals surface area contributed by atoms with Crippen LogP contribution in [0.2, 0.25) is 0 Å². The number of rotatable bonds is 6. The van der Waals surface area contributed by atoms with Gasteiger partial charge in [0.1, 0.15) is 0 Å². The first-order valence-electron chi connectivity index (χ1n) is 4.77. The summed E-state index contributed by atoms with van der Waals surface area (Å²) < 4.78 is 14.2. The number of hydrogen-bond acceptors (Lipinski definition) is 4. The van der Waals surface area contributed by atoms with Gasteiger partial charge in [0.2, 0.25) is 0 Å². The molecule has 0 N–H and O–H groups in total. The predicted octanol–water partition coefficient (Wildman–Crippen LogP) is -4.47. The van der Waals surface area contributed by atoms with Gasteiger partial charge < -0.3 is 18.9 Å². The summed E-state index contributed by atoms with van der Waals surface area (Å²) in [6.45, 7) is 5.76. The van der Waals surface area contributed by atoms with Gasteiger partial charge in [0.05, 0.1) is 14.4 Å².